The fraction of sp³-hybridized carbons (Fsp3) is 0.214. The summed E-state index contributed by atoms with van der Waals surface area (Å²) in [6.07, 6.45) is 0. The molecule has 7 heteroatoms. The second kappa shape index (κ2) is 6.41. The largest absolute Gasteiger partial charge is 0.480 e. The third kappa shape index (κ3) is 3.41. The third-order valence-corrected chi connectivity index (χ3v) is 3.26. The molecule has 0 spiro atoms. The molecule has 0 aliphatic rings. The number of anilines is 1. The number of nitrogens with one attached hydrogen (secondary N) is 1. The van der Waals surface area contributed by atoms with Crippen molar-refractivity contribution >= 4 is 23.1 Å². The maximum Gasteiger partial charge on any atom is 0.311 e. The number of nitrogens with zero attached hydrogens (tertiary/aromatic N) is 2. The second-order valence-electron chi connectivity index (χ2n) is 4.34. The first-order chi connectivity index (χ1) is 10.0. The van der Waals surface area contributed by atoms with Gasteiger partial charge in [-0.25, -0.2) is 4.98 Å². The standard InChI is InChI=1S/C14H14ClN3O3/c1-9-4-3-5-12(18(19)20)14(9)21-8-11-10(15)6-7-13(16-2)17-11/h3-7H,8H2,1-2H3,(H,16,17). The number of hydrogen-bond donors (Lipinski definition) is 1. The number of aryl methyl sites for hydroxylation is 1. The highest BCUT2D eigenvalue weighted by Crippen LogP contribution is 2.31. The summed E-state index contributed by atoms with van der Waals surface area (Å²) in [6.45, 7) is 1.81. The van der Waals surface area contributed by atoms with E-state index in [0.717, 1.165) is 0 Å². The first-order valence-electron chi connectivity index (χ1n) is 6.23. The molecule has 0 amide bonds. The number of nitro groups is 1. The lowest BCUT2D eigenvalue weighted by molar-refractivity contribution is -0.386. The number of ether oxygens (including phenoxy) is 1. The smallest absolute Gasteiger partial charge is 0.311 e. The lowest BCUT2D eigenvalue weighted by Crippen LogP contribution is -2.04. The lowest BCUT2D eigenvalue weighted by Gasteiger charge is -2.11. The fourth-order valence-corrected chi connectivity index (χ4v) is 1.99. The van der Waals surface area contributed by atoms with Gasteiger partial charge in [0.05, 0.1) is 15.6 Å². The van der Waals surface area contributed by atoms with Gasteiger partial charge in [0, 0.05) is 13.1 Å². The molecule has 0 aliphatic heterocycles. The maximum atomic E-state index is 11.0. The molecule has 2 aromatic rings. The van der Waals surface area contributed by atoms with Crippen LogP contribution in [0.25, 0.3) is 0 Å². The molecule has 6 nitrogen and oxygen atoms in total. The van der Waals surface area contributed by atoms with Gasteiger partial charge in [-0.2, -0.15) is 0 Å². The van der Waals surface area contributed by atoms with Gasteiger partial charge < -0.3 is 10.1 Å². The minimum atomic E-state index is -0.471. The van der Waals surface area contributed by atoms with Crippen LogP contribution in [0.3, 0.4) is 0 Å². The Balaban J connectivity index is 2.26. The molecular weight excluding hydrogens is 294 g/mol. The van der Waals surface area contributed by atoms with Crippen molar-refractivity contribution in [1.29, 1.82) is 0 Å². The van der Waals surface area contributed by atoms with Crippen LogP contribution in [-0.4, -0.2) is 17.0 Å². The van der Waals surface area contributed by atoms with Crippen molar-refractivity contribution < 1.29 is 9.66 Å². The van der Waals surface area contributed by atoms with E-state index in [-0.39, 0.29) is 18.0 Å². The van der Waals surface area contributed by atoms with Crippen molar-refractivity contribution in [3.8, 4) is 5.75 Å². The fourth-order valence-electron chi connectivity index (χ4n) is 1.83. The predicted octanol–water partition coefficient (Wildman–Crippen LogP) is 3.57. The summed E-state index contributed by atoms with van der Waals surface area (Å²) >= 11 is 6.06. The quantitative estimate of drug-likeness (QED) is 0.675. The maximum absolute atomic E-state index is 11.0. The van der Waals surface area contributed by atoms with E-state index >= 15 is 0 Å². The second-order valence-corrected chi connectivity index (χ2v) is 4.75. The minimum absolute atomic E-state index is 0.0556. The van der Waals surface area contributed by atoms with Crippen LogP contribution in [0, 0.1) is 17.0 Å². The van der Waals surface area contributed by atoms with E-state index in [1.165, 1.54) is 6.07 Å². The molecule has 110 valence electrons. The summed E-state index contributed by atoms with van der Waals surface area (Å²) in [7, 11) is 1.74. The van der Waals surface area contributed by atoms with Crippen molar-refractivity contribution in [3.63, 3.8) is 0 Å². The number of nitro benzene ring substituents is 1. The number of aromatic nitrogens is 1. The third-order valence-electron chi connectivity index (χ3n) is 2.92. The molecule has 1 aromatic heterocycles. The summed E-state index contributed by atoms with van der Waals surface area (Å²) in [5, 5.41) is 14.4. The van der Waals surface area contributed by atoms with Crippen LogP contribution in [0.1, 0.15) is 11.3 Å². The van der Waals surface area contributed by atoms with E-state index in [1.54, 1.807) is 38.2 Å². The summed E-state index contributed by atoms with van der Waals surface area (Å²) in [4.78, 5) is 14.8. The van der Waals surface area contributed by atoms with E-state index in [0.29, 0.717) is 22.1 Å². The zero-order valence-electron chi connectivity index (χ0n) is 11.6. The van der Waals surface area contributed by atoms with Gasteiger partial charge in [0.15, 0.2) is 5.75 Å². The Morgan fingerprint density at radius 1 is 1.38 bits per heavy atom. The Bertz CT molecular complexity index is 677. The van der Waals surface area contributed by atoms with Crippen LogP contribution in [0.15, 0.2) is 30.3 Å². The van der Waals surface area contributed by atoms with Crippen molar-refractivity contribution in [1.82, 2.24) is 4.98 Å². The topological polar surface area (TPSA) is 77.3 Å². The highest BCUT2D eigenvalue weighted by Gasteiger charge is 2.17. The lowest BCUT2D eigenvalue weighted by atomic mass is 10.2. The summed E-state index contributed by atoms with van der Waals surface area (Å²) in [6, 6.07) is 8.21. The Morgan fingerprint density at radius 2 is 2.14 bits per heavy atom. The summed E-state index contributed by atoms with van der Waals surface area (Å²) < 4.78 is 5.58. The molecule has 0 saturated heterocycles. The summed E-state index contributed by atoms with van der Waals surface area (Å²) in [5.74, 6) is 0.882. The van der Waals surface area contributed by atoms with Crippen LogP contribution in [-0.2, 0) is 6.61 Å². The predicted molar refractivity (Wildman–Crippen MR) is 81.0 cm³/mol. The first-order valence-corrected chi connectivity index (χ1v) is 6.60. The molecule has 2 rings (SSSR count). The van der Waals surface area contributed by atoms with Crippen LogP contribution in [0.2, 0.25) is 5.02 Å². The van der Waals surface area contributed by atoms with Crippen molar-refractivity contribution in [2.45, 2.75) is 13.5 Å². The van der Waals surface area contributed by atoms with Gasteiger partial charge in [0.25, 0.3) is 0 Å². The molecule has 1 aromatic carbocycles. The molecule has 0 aliphatic carbocycles. The number of rotatable bonds is 5. The Hall–Kier alpha value is -2.34. The zero-order valence-corrected chi connectivity index (χ0v) is 12.3. The van der Waals surface area contributed by atoms with Gasteiger partial charge in [-0.1, -0.05) is 23.7 Å². The Labute approximate surface area is 126 Å². The number of pyridine rings is 1. The molecule has 0 fully saturated rings. The normalized spacial score (nSPS) is 10.2. The van der Waals surface area contributed by atoms with Crippen molar-refractivity contribution in [3.05, 3.63) is 56.7 Å². The molecule has 21 heavy (non-hydrogen) atoms. The molecule has 0 saturated carbocycles. The Kier molecular flexibility index (Phi) is 4.59. The van der Waals surface area contributed by atoms with E-state index in [2.05, 4.69) is 10.3 Å². The highest BCUT2D eigenvalue weighted by atomic mass is 35.5. The molecule has 0 atom stereocenters. The van der Waals surface area contributed by atoms with Gasteiger partial charge in [0.1, 0.15) is 12.4 Å². The monoisotopic (exact) mass is 307 g/mol. The zero-order chi connectivity index (χ0) is 15.4. The minimum Gasteiger partial charge on any atom is -0.480 e. The average Bonchev–Trinajstić information content (AvgIpc) is 2.47. The van der Waals surface area contributed by atoms with Gasteiger partial charge >= 0.3 is 5.69 Å². The SMILES string of the molecule is CNc1ccc(Cl)c(COc2c(C)cccc2[N+](=O)[O-])n1. The molecule has 0 unspecified atom stereocenters. The van der Waals surface area contributed by atoms with Crippen molar-refractivity contribution in [2.24, 2.45) is 0 Å². The average molecular weight is 308 g/mol. The molecule has 0 radical (unpaired) electrons. The number of hydrogen-bond acceptors (Lipinski definition) is 5. The van der Waals surface area contributed by atoms with Gasteiger partial charge in [-0.15, -0.1) is 0 Å². The molecule has 1 N–H and O–H groups in total. The summed E-state index contributed by atoms with van der Waals surface area (Å²) in [5.41, 5.74) is 1.13. The highest BCUT2D eigenvalue weighted by molar-refractivity contribution is 6.31. The van der Waals surface area contributed by atoms with Gasteiger partial charge in [-0.05, 0) is 24.6 Å². The van der Waals surface area contributed by atoms with Crippen LogP contribution >= 0.6 is 11.6 Å². The number of para-hydroxylation sites is 1. The Morgan fingerprint density at radius 3 is 2.81 bits per heavy atom. The molecule has 0 bridgehead atoms. The molecular formula is C14H14ClN3O3. The van der Waals surface area contributed by atoms with Crippen LogP contribution < -0.4 is 10.1 Å². The van der Waals surface area contributed by atoms with E-state index in [9.17, 15) is 10.1 Å². The number of halogens is 1. The van der Waals surface area contributed by atoms with Gasteiger partial charge in [0.2, 0.25) is 0 Å². The van der Waals surface area contributed by atoms with E-state index in [4.69, 9.17) is 16.3 Å². The van der Waals surface area contributed by atoms with Crippen LogP contribution in [0.5, 0.6) is 5.75 Å². The van der Waals surface area contributed by atoms with E-state index < -0.39 is 4.92 Å². The first kappa shape index (κ1) is 15.1. The van der Waals surface area contributed by atoms with Crippen LogP contribution in [0.4, 0.5) is 11.5 Å². The molecule has 1 heterocycles. The van der Waals surface area contributed by atoms with E-state index in [1.807, 2.05) is 0 Å². The van der Waals surface area contributed by atoms with Crippen molar-refractivity contribution in [2.75, 3.05) is 12.4 Å². The van der Waals surface area contributed by atoms with Gasteiger partial charge in [-0.3, -0.25) is 10.1 Å². The number of benzene rings is 1.